The number of ether oxygens (including phenoxy) is 2. The Kier molecular flexibility index (Phi) is 9.21. The summed E-state index contributed by atoms with van der Waals surface area (Å²) in [5, 5.41) is 16.4. The van der Waals surface area contributed by atoms with Gasteiger partial charge in [0.1, 0.15) is 24.1 Å². The average molecular weight is 582 g/mol. The minimum absolute atomic E-state index is 0.0379. The molecular weight excluding hydrogens is 548 g/mol. The Balaban J connectivity index is 1.55. The number of carbonyl (C=O) groups is 1. The number of benzene rings is 1. The van der Waals surface area contributed by atoms with Crippen molar-refractivity contribution in [2.45, 2.75) is 51.4 Å². The molecule has 0 saturated carbocycles. The number of nitrogens with one attached hydrogen (secondary N) is 2. The Morgan fingerprint density at radius 2 is 2.00 bits per heavy atom. The number of hydrogen-bond acceptors (Lipinski definition) is 12. The summed E-state index contributed by atoms with van der Waals surface area (Å²) in [6.07, 6.45) is -2.54. The van der Waals surface area contributed by atoms with Crippen LogP contribution in [0, 0.1) is 5.92 Å². The molecule has 5 N–H and O–H groups in total. The maximum Gasteiger partial charge on any atom is 0.459 e. The van der Waals surface area contributed by atoms with Gasteiger partial charge in [0.2, 0.25) is 5.95 Å². The largest absolute Gasteiger partial charge is 0.462 e. The lowest BCUT2D eigenvalue weighted by Gasteiger charge is -2.25. The van der Waals surface area contributed by atoms with Gasteiger partial charge in [0.15, 0.2) is 17.0 Å². The van der Waals surface area contributed by atoms with Crippen LogP contribution in [0.1, 0.15) is 27.0 Å². The van der Waals surface area contributed by atoms with Gasteiger partial charge in [0, 0.05) is 7.05 Å². The van der Waals surface area contributed by atoms with Crippen LogP contribution < -0.4 is 20.7 Å². The van der Waals surface area contributed by atoms with Crippen LogP contribution in [0.4, 0.5) is 16.2 Å². The summed E-state index contributed by atoms with van der Waals surface area (Å²) >= 11 is 0. The number of nitrogens with zero attached hydrogens (tertiary/aromatic N) is 4. The topological polar surface area (TPSA) is 185 Å². The molecule has 14 nitrogen and oxygen atoms in total. The van der Waals surface area contributed by atoms with Crippen LogP contribution in [-0.4, -0.2) is 75.3 Å². The van der Waals surface area contributed by atoms with E-state index in [0.29, 0.717) is 11.3 Å². The summed E-state index contributed by atoms with van der Waals surface area (Å²) in [5.41, 5.74) is 6.47. The molecule has 0 aliphatic carbocycles. The van der Waals surface area contributed by atoms with E-state index in [1.165, 1.54) is 17.8 Å². The monoisotopic (exact) mass is 581 g/mol. The molecule has 0 spiro atoms. The highest BCUT2D eigenvalue weighted by molar-refractivity contribution is 7.52. The number of fused-ring (bicyclic) bond motifs is 1. The number of hydrogen-bond donors (Lipinski definition) is 4. The van der Waals surface area contributed by atoms with Crippen LogP contribution >= 0.6 is 7.75 Å². The Bertz CT molecular complexity index is 1360. The number of nitrogen functional groups attached to an aromatic ring is 1. The molecule has 4 rings (SSSR count). The van der Waals surface area contributed by atoms with Crippen LogP contribution in [0.25, 0.3) is 11.2 Å². The number of alkyl halides is 1. The fourth-order valence-corrected chi connectivity index (χ4v) is 5.68. The zero-order valence-corrected chi connectivity index (χ0v) is 23.3. The van der Waals surface area contributed by atoms with Crippen LogP contribution in [-0.2, 0) is 23.4 Å². The average Bonchev–Trinajstić information content (AvgIpc) is 3.47. The summed E-state index contributed by atoms with van der Waals surface area (Å²) < 4.78 is 51.8. The molecule has 0 unspecified atom stereocenters. The first-order valence-corrected chi connectivity index (χ1v) is 14.1. The first kappa shape index (κ1) is 29.6. The van der Waals surface area contributed by atoms with Crippen LogP contribution in [0.2, 0.25) is 0 Å². The SMILES string of the molecule is CNc1nc(N)nc2c1ncn2[C@@H]1O[C@H](CO[P@](=O)(N[C@@H](C)C(=O)OC(C)C)Oc2ccccc2)[C@@H](O)[C@@H]1CF. The summed E-state index contributed by atoms with van der Waals surface area (Å²) in [6.45, 7) is 3.39. The van der Waals surface area contributed by atoms with Crippen molar-refractivity contribution in [2.75, 3.05) is 31.4 Å². The molecule has 1 aromatic carbocycles. The maximum absolute atomic E-state index is 14.2. The Hall–Kier alpha value is -3.36. The molecule has 6 atom stereocenters. The number of imidazole rings is 1. The van der Waals surface area contributed by atoms with Crippen molar-refractivity contribution in [3.63, 3.8) is 0 Å². The summed E-state index contributed by atoms with van der Waals surface area (Å²) in [4.78, 5) is 24.9. The van der Waals surface area contributed by atoms with Gasteiger partial charge >= 0.3 is 13.7 Å². The van der Waals surface area contributed by atoms with Crippen molar-refractivity contribution in [3.8, 4) is 5.75 Å². The predicted molar refractivity (Wildman–Crippen MR) is 143 cm³/mol. The molecule has 2 aromatic heterocycles. The predicted octanol–water partition coefficient (Wildman–Crippen LogP) is 2.43. The molecule has 3 heterocycles. The molecule has 0 bridgehead atoms. The Labute approximate surface area is 230 Å². The highest BCUT2D eigenvalue weighted by Gasteiger charge is 2.47. The number of nitrogens with two attached hydrogens (primary N) is 1. The fourth-order valence-electron chi connectivity index (χ4n) is 4.18. The molecule has 0 amide bonds. The first-order chi connectivity index (χ1) is 19.0. The molecule has 16 heteroatoms. The second-order valence-electron chi connectivity index (χ2n) is 9.41. The molecule has 1 aliphatic heterocycles. The van der Waals surface area contributed by atoms with Gasteiger partial charge in [-0.1, -0.05) is 18.2 Å². The normalized spacial score (nSPS) is 23.2. The Morgan fingerprint density at radius 1 is 1.27 bits per heavy atom. The van der Waals surface area contributed by atoms with Crippen LogP contribution in [0.15, 0.2) is 36.7 Å². The van der Waals surface area contributed by atoms with Crippen LogP contribution in [0.5, 0.6) is 5.75 Å². The van der Waals surface area contributed by atoms with Crippen molar-refractivity contribution >= 4 is 36.6 Å². The first-order valence-electron chi connectivity index (χ1n) is 12.6. The number of anilines is 2. The van der Waals surface area contributed by atoms with Gasteiger partial charge in [-0.15, -0.1) is 0 Å². The summed E-state index contributed by atoms with van der Waals surface area (Å²) in [7, 11) is -2.60. The summed E-state index contributed by atoms with van der Waals surface area (Å²) in [5.74, 6) is -1.17. The third kappa shape index (κ3) is 6.50. The number of rotatable bonds is 12. The van der Waals surface area contributed by atoms with Gasteiger partial charge in [-0.05, 0) is 32.9 Å². The number of aliphatic hydroxyl groups is 1. The Morgan fingerprint density at radius 3 is 2.65 bits per heavy atom. The van der Waals surface area contributed by atoms with Gasteiger partial charge in [-0.2, -0.15) is 15.1 Å². The molecule has 1 saturated heterocycles. The van der Waals surface area contributed by atoms with Gasteiger partial charge < -0.3 is 30.2 Å². The molecule has 1 fully saturated rings. The van der Waals surface area contributed by atoms with Gasteiger partial charge in [0.05, 0.1) is 37.7 Å². The smallest absolute Gasteiger partial charge is 0.459 e. The minimum Gasteiger partial charge on any atom is -0.462 e. The van der Waals surface area contributed by atoms with Crippen LogP contribution in [0.3, 0.4) is 0 Å². The molecule has 3 aromatic rings. The summed E-state index contributed by atoms with van der Waals surface area (Å²) in [6, 6.07) is 7.13. The number of carbonyl (C=O) groups excluding carboxylic acids is 1. The lowest BCUT2D eigenvalue weighted by Crippen LogP contribution is -2.37. The van der Waals surface area contributed by atoms with Crippen molar-refractivity contribution in [1.82, 2.24) is 24.6 Å². The number of halogens is 1. The van der Waals surface area contributed by atoms with Crippen molar-refractivity contribution in [3.05, 3.63) is 36.7 Å². The van der Waals surface area contributed by atoms with E-state index in [4.69, 9.17) is 24.3 Å². The fraction of sp³-hybridized carbons (Fsp3) is 0.500. The third-order valence-corrected chi connectivity index (χ3v) is 7.71. The zero-order valence-electron chi connectivity index (χ0n) is 22.4. The van der Waals surface area contributed by atoms with E-state index >= 15 is 0 Å². The second-order valence-corrected chi connectivity index (χ2v) is 11.1. The molecular formula is C24H33FN7O7P. The van der Waals surface area contributed by atoms with E-state index in [1.807, 2.05) is 0 Å². The van der Waals surface area contributed by atoms with Crippen molar-refractivity contribution in [1.29, 1.82) is 0 Å². The van der Waals surface area contributed by atoms with Crippen molar-refractivity contribution < 1.29 is 37.4 Å². The molecule has 0 radical (unpaired) electrons. The quantitative estimate of drug-likeness (QED) is 0.181. The van der Waals surface area contributed by atoms with E-state index in [9.17, 15) is 18.9 Å². The van der Waals surface area contributed by atoms with Gasteiger partial charge in [-0.3, -0.25) is 18.3 Å². The number of aliphatic hydroxyl groups excluding tert-OH is 1. The number of esters is 1. The van der Waals surface area contributed by atoms with Crippen molar-refractivity contribution in [2.24, 2.45) is 5.92 Å². The number of para-hydroxylation sites is 1. The second kappa shape index (κ2) is 12.4. The van der Waals surface area contributed by atoms with E-state index in [0.717, 1.165) is 0 Å². The minimum atomic E-state index is -4.24. The third-order valence-electron chi connectivity index (χ3n) is 6.06. The lowest BCUT2D eigenvalue weighted by atomic mass is 10.0. The number of aromatic nitrogens is 4. The van der Waals surface area contributed by atoms with E-state index in [1.54, 1.807) is 51.2 Å². The molecule has 1 aliphatic rings. The maximum atomic E-state index is 14.2. The molecule has 218 valence electrons. The van der Waals surface area contributed by atoms with E-state index in [-0.39, 0.29) is 17.3 Å². The van der Waals surface area contributed by atoms with E-state index < -0.39 is 63.5 Å². The highest BCUT2D eigenvalue weighted by atomic mass is 31.2. The van der Waals surface area contributed by atoms with Gasteiger partial charge in [-0.25, -0.2) is 9.55 Å². The zero-order chi connectivity index (χ0) is 29.0. The standard InChI is InChI=1S/C24H33FN7O7P/c1-13(2)37-23(34)14(3)31-40(35,39-15-8-6-5-7-9-15)36-11-17-19(33)16(10-25)22(38-17)32-12-28-18-20(27-4)29-24(26)30-21(18)32/h5-9,12-14,16-17,19,22,33H,10-11H2,1-4H3,(H,31,35)(H3,26,27,29,30)/t14-,16-,17+,19-,22+,40+/m0/s1. The lowest BCUT2D eigenvalue weighted by molar-refractivity contribution is -0.149. The molecule has 40 heavy (non-hydrogen) atoms. The van der Waals surface area contributed by atoms with E-state index in [2.05, 4.69) is 25.4 Å². The highest BCUT2D eigenvalue weighted by Crippen LogP contribution is 2.46. The van der Waals surface area contributed by atoms with Gasteiger partial charge in [0.25, 0.3) is 0 Å².